The smallest absolute Gasteiger partial charge is 0.268 e. The highest BCUT2D eigenvalue weighted by Crippen LogP contribution is 2.22. The molecule has 0 aromatic heterocycles. The van der Waals surface area contributed by atoms with Gasteiger partial charge in [0.1, 0.15) is 0 Å². The van der Waals surface area contributed by atoms with Crippen LogP contribution in [0, 0.1) is 0 Å². The summed E-state index contributed by atoms with van der Waals surface area (Å²) in [5.41, 5.74) is 0.539. The van der Waals surface area contributed by atoms with E-state index in [1.165, 1.54) is 5.01 Å². The van der Waals surface area contributed by atoms with Crippen molar-refractivity contribution in [3.8, 4) is 0 Å². The minimum absolute atomic E-state index is 0.0327. The van der Waals surface area contributed by atoms with E-state index in [2.05, 4.69) is 15.9 Å². The number of rotatable bonds is 3. The fraction of sp³-hybridized carbons (Fsp3) is 0.462. The lowest BCUT2D eigenvalue weighted by Gasteiger charge is -2.33. The molecule has 1 atom stereocenters. The second-order valence-corrected chi connectivity index (χ2v) is 8.21. The summed E-state index contributed by atoms with van der Waals surface area (Å²) in [6.45, 7) is 0. The lowest BCUT2D eigenvalue weighted by molar-refractivity contribution is 0.00101. The Kier molecular flexibility index (Phi) is 4.51. The molecule has 0 saturated carbocycles. The first kappa shape index (κ1) is 15.5. The van der Waals surface area contributed by atoms with Crippen LogP contribution in [0.1, 0.15) is 16.8 Å². The molecule has 0 radical (unpaired) electrons. The van der Waals surface area contributed by atoms with Crippen molar-refractivity contribution in [2.75, 3.05) is 25.6 Å². The van der Waals surface area contributed by atoms with Gasteiger partial charge < -0.3 is 0 Å². The molecule has 1 heterocycles. The van der Waals surface area contributed by atoms with Gasteiger partial charge in [-0.1, -0.05) is 22.0 Å². The van der Waals surface area contributed by atoms with Crippen LogP contribution in [-0.2, 0) is 9.84 Å². The summed E-state index contributed by atoms with van der Waals surface area (Å²) in [4.78, 5) is 12.6. The molecule has 0 N–H and O–H groups in total. The SMILES string of the molecule is CN(C)N(C(=O)c1cccc(Br)c1)C1CCS(=O)(=O)C1. The Bertz CT molecular complexity index is 616. The van der Waals surface area contributed by atoms with Gasteiger partial charge in [-0.05, 0) is 24.6 Å². The van der Waals surface area contributed by atoms with E-state index in [4.69, 9.17) is 0 Å². The van der Waals surface area contributed by atoms with Crippen LogP contribution in [0.4, 0.5) is 0 Å². The van der Waals surface area contributed by atoms with Crippen molar-refractivity contribution in [2.45, 2.75) is 12.5 Å². The molecule has 1 fully saturated rings. The van der Waals surface area contributed by atoms with Crippen LogP contribution in [0.5, 0.6) is 0 Å². The Balaban J connectivity index is 2.28. The summed E-state index contributed by atoms with van der Waals surface area (Å²) in [5.74, 6) is -0.00278. The Hall–Kier alpha value is -0.920. The van der Waals surface area contributed by atoms with Crippen molar-refractivity contribution in [1.29, 1.82) is 0 Å². The maximum absolute atomic E-state index is 12.6. The first-order valence-electron chi connectivity index (χ1n) is 6.27. The molecule has 1 aliphatic heterocycles. The molecule has 5 nitrogen and oxygen atoms in total. The Morgan fingerprint density at radius 2 is 2.05 bits per heavy atom. The Morgan fingerprint density at radius 3 is 2.55 bits per heavy atom. The second kappa shape index (κ2) is 5.83. The molecule has 1 aliphatic rings. The second-order valence-electron chi connectivity index (χ2n) is 5.06. The maximum Gasteiger partial charge on any atom is 0.268 e. The average Bonchev–Trinajstić information content (AvgIpc) is 2.69. The number of hydrogen-bond acceptors (Lipinski definition) is 4. The molecule has 1 saturated heterocycles. The van der Waals surface area contributed by atoms with E-state index in [1.54, 1.807) is 37.3 Å². The number of hydrogen-bond donors (Lipinski definition) is 0. The Morgan fingerprint density at radius 1 is 1.35 bits per heavy atom. The zero-order valence-corrected chi connectivity index (χ0v) is 13.8. The summed E-state index contributed by atoms with van der Waals surface area (Å²) in [7, 11) is 0.474. The number of halogens is 1. The number of carbonyl (C=O) groups is 1. The highest BCUT2D eigenvalue weighted by molar-refractivity contribution is 9.10. The quantitative estimate of drug-likeness (QED) is 0.767. The minimum Gasteiger partial charge on any atom is -0.268 e. The van der Waals surface area contributed by atoms with Gasteiger partial charge in [-0.15, -0.1) is 0 Å². The molecule has 7 heteroatoms. The van der Waals surface area contributed by atoms with Gasteiger partial charge in [0.2, 0.25) is 0 Å². The van der Waals surface area contributed by atoms with Crippen LogP contribution in [0.15, 0.2) is 28.7 Å². The fourth-order valence-corrected chi connectivity index (χ4v) is 4.49. The summed E-state index contributed by atoms with van der Waals surface area (Å²) >= 11 is 3.34. The van der Waals surface area contributed by atoms with Crippen LogP contribution in [0.2, 0.25) is 0 Å². The van der Waals surface area contributed by atoms with Gasteiger partial charge in [0.15, 0.2) is 9.84 Å². The molecule has 1 amide bonds. The topological polar surface area (TPSA) is 57.7 Å². The predicted molar refractivity (Wildman–Crippen MR) is 81.1 cm³/mol. The van der Waals surface area contributed by atoms with Crippen LogP contribution in [-0.4, -0.2) is 56.0 Å². The number of amides is 1. The van der Waals surface area contributed by atoms with Crippen LogP contribution in [0.3, 0.4) is 0 Å². The number of hydrazine groups is 1. The molecular weight excluding hydrogens is 344 g/mol. The van der Waals surface area contributed by atoms with Crippen molar-refractivity contribution >= 4 is 31.7 Å². The molecule has 1 aromatic carbocycles. The van der Waals surface area contributed by atoms with Crippen molar-refractivity contribution in [2.24, 2.45) is 0 Å². The number of nitrogens with zero attached hydrogens (tertiary/aromatic N) is 2. The standard InChI is InChI=1S/C13H17BrN2O3S/c1-15(2)16(12-6-7-20(18,19)9-12)13(17)10-4-3-5-11(14)8-10/h3-5,8,12H,6-7,9H2,1-2H3. The first-order chi connectivity index (χ1) is 9.30. The number of carbonyl (C=O) groups excluding carboxylic acids is 1. The predicted octanol–water partition coefficient (Wildman–Crippen LogP) is 1.56. The zero-order chi connectivity index (χ0) is 14.9. The van der Waals surface area contributed by atoms with Gasteiger partial charge in [-0.2, -0.15) is 0 Å². The molecule has 0 aliphatic carbocycles. The van der Waals surface area contributed by atoms with Crippen molar-refractivity contribution in [3.63, 3.8) is 0 Å². The van der Waals surface area contributed by atoms with Gasteiger partial charge in [-0.3, -0.25) is 9.80 Å². The molecule has 1 aromatic rings. The van der Waals surface area contributed by atoms with Gasteiger partial charge in [0, 0.05) is 24.1 Å². The van der Waals surface area contributed by atoms with E-state index in [9.17, 15) is 13.2 Å². The van der Waals surface area contributed by atoms with E-state index in [0.717, 1.165) is 4.47 Å². The van der Waals surface area contributed by atoms with E-state index >= 15 is 0 Å². The van der Waals surface area contributed by atoms with Gasteiger partial charge in [-0.25, -0.2) is 13.4 Å². The normalized spacial score (nSPS) is 21.1. The largest absolute Gasteiger partial charge is 0.268 e. The van der Waals surface area contributed by atoms with Gasteiger partial charge in [0.25, 0.3) is 5.91 Å². The van der Waals surface area contributed by atoms with Gasteiger partial charge in [0.05, 0.1) is 17.5 Å². The number of benzene rings is 1. The van der Waals surface area contributed by atoms with E-state index in [1.807, 2.05) is 6.07 Å². The third kappa shape index (κ3) is 3.39. The molecule has 2 rings (SSSR count). The average molecular weight is 361 g/mol. The van der Waals surface area contributed by atoms with E-state index in [0.29, 0.717) is 12.0 Å². The molecule has 1 unspecified atom stereocenters. The first-order valence-corrected chi connectivity index (χ1v) is 8.88. The van der Waals surface area contributed by atoms with Crippen molar-refractivity contribution in [1.82, 2.24) is 10.0 Å². The lowest BCUT2D eigenvalue weighted by Crippen LogP contribution is -2.49. The molecule has 20 heavy (non-hydrogen) atoms. The molecule has 110 valence electrons. The van der Waals surface area contributed by atoms with Crippen LogP contribution >= 0.6 is 15.9 Å². The summed E-state index contributed by atoms with van der Waals surface area (Å²) in [6.07, 6.45) is 0.486. The Labute approximate surface area is 127 Å². The van der Waals surface area contributed by atoms with Crippen LogP contribution < -0.4 is 0 Å². The van der Waals surface area contributed by atoms with Crippen molar-refractivity contribution in [3.05, 3.63) is 34.3 Å². The van der Waals surface area contributed by atoms with E-state index < -0.39 is 9.84 Å². The lowest BCUT2D eigenvalue weighted by atomic mass is 10.1. The molecular formula is C13H17BrN2O3S. The summed E-state index contributed by atoms with van der Waals surface area (Å²) in [5, 5.41) is 3.20. The van der Waals surface area contributed by atoms with Gasteiger partial charge >= 0.3 is 0 Å². The highest BCUT2D eigenvalue weighted by atomic mass is 79.9. The minimum atomic E-state index is -3.03. The van der Waals surface area contributed by atoms with Crippen LogP contribution in [0.25, 0.3) is 0 Å². The fourth-order valence-electron chi connectivity index (χ4n) is 2.40. The summed E-state index contributed by atoms with van der Waals surface area (Å²) in [6, 6.07) is 6.81. The molecule has 0 bridgehead atoms. The third-order valence-electron chi connectivity index (χ3n) is 3.26. The summed E-state index contributed by atoms with van der Waals surface area (Å²) < 4.78 is 24.1. The molecule has 0 spiro atoms. The monoisotopic (exact) mass is 360 g/mol. The highest BCUT2D eigenvalue weighted by Gasteiger charge is 2.36. The zero-order valence-electron chi connectivity index (χ0n) is 11.4. The number of sulfone groups is 1. The third-order valence-corrected chi connectivity index (χ3v) is 5.51. The van der Waals surface area contributed by atoms with Crippen molar-refractivity contribution < 1.29 is 13.2 Å². The maximum atomic E-state index is 12.6. The van der Waals surface area contributed by atoms with E-state index in [-0.39, 0.29) is 23.5 Å².